The van der Waals surface area contributed by atoms with E-state index >= 15 is 0 Å². The van der Waals surface area contributed by atoms with E-state index in [1.165, 1.54) is 6.20 Å². The highest BCUT2D eigenvalue weighted by Gasteiger charge is 2.27. The Morgan fingerprint density at radius 1 is 1.43 bits per heavy atom. The molecule has 0 saturated carbocycles. The monoisotopic (exact) mass is 315 g/mol. The smallest absolute Gasteiger partial charge is 0.242 e. The van der Waals surface area contributed by atoms with Crippen LogP contribution in [0.25, 0.3) is 0 Å². The largest absolute Gasteiger partial charge is 0.377 e. The zero-order valence-electron chi connectivity index (χ0n) is 12.8. The SMILES string of the molecule is CC(C)NCc1cc(S(=O)(=O)NC(C)C2CCCO2)c[nH]1. The molecule has 2 heterocycles. The van der Waals surface area contributed by atoms with E-state index in [0.29, 0.717) is 19.2 Å². The molecular formula is C14H25N3O3S. The molecule has 6 nitrogen and oxygen atoms in total. The summed E-state index contributed by atoms with van der Waals surface area (Å²) in [5.41, 5.74) is 0.855. The molecule has 0 aliphatic carbocycles. The van der Waals surface area contributed by atoms with E-state index in [0.717, 1.165) is 18.5 Å². The highest BCUT2D eigenvalue weighted by Crippen LogP contribution is 2.18. The summed E-state index contributed by atoms with van der Waals surface area (Å²) in [6.45, 7) is 7.28. The number of hydrogen-bond acceptors (Lipinski definition) is 4. The van der Waals surface area contributed by atoms with Gasteiger partial charge in [0.15, 0.2) is 0 Å². The molecule has 2 unspecified atom stereocenters. The van der Waals surface area contributed by atoms with Crippen molar-refractivity contribution in [2.45, 2.75) is 63.2 Å². The van der Waals surface area contributed by atoms with Gasteiger partial charge in [0.05, 0.1) is 11.0 Å². The third-order valence-corrected chi connectivity index (χ3v) is 5.13. The van der Waals surface area contributed by atoms with E-state index in [1.807, 2.05) is 20.8 Å². The molecule has 1 aromatic heterocycles. The van der Waals surface area contributed by atoms with Crippen LogP contribution in [0.3, 0.4) is 0 Å². The molecule has 1 aliphatic heterocycles. The first kappa shape index (κ1) is 16.5. The van der Waals surface area contributed by atoms with Gasteiger partial charge < -0.3 is 15.0 Å². The Morgan fingerprint density at radius 3 is 2.81 bits per heavy atom. The average molecular weight is 315 g/mol. The van der Waals surface area contributed by atoms with E-state index in [-0.39, 0.29) is 17.0 Å². The minimum absolute atomic E-state index is 0.0270. The van der Waals surface area contributed by atoms with Crippen LogP contribution in [0.15, 0.2) is 17.2 Å². The Labute approximate surface area is 126 Å². The van der Waals surface area contributed by atoms with Crippen molar-refractivity contribution in [3.8, 4) is 0 Å². The van der Waals surface area contributed by atoms with E-state index in [2.05, 4.69) is 15.0 Å². The Morgan fingerprint density at radius 2 is 2.19 bits per heavy atom. The van der Waals surface area contributed by atoms with Crippen LogP contribution in [0.1, 0.15) is 39.3 Å². The lowest BCUT2D eigenvalue weighted by atomic mass is 10.1. The van der Waals surface area contributed by atoms with Crippen molar-refractivity contribution in [3.05, 3.63) is 18.0 Å². The van der Waals surface area contributed by atoms with Crippen molar-refractivity contribution >= 4 is 10.0 Å². The number of aromatic nitrogens is 1. The Kier molecular flexibility index (Phi) is 5.43. The predicted molar refractivity (Wildman–Crippen MR) is 81.5 cm³/mol. The number of ether oxygens (including phenoxy) is 1. The number of H-pyrrole nitrogens is 1. The van der Waals surface area contributed by atoms with Crippen LogP contribution in [-0.2, 0) is 21.3 Å². The Balaban J connectivity index is 1.98. The standard InChI is InChI=1S/C14H25N3O3S/c1-10(2)15-8-12-7-13(9-16-12)21(18,19)17-11(3)14-5-4-6-20-14/h7,9-11,14-17H,4-6,8H2,1-3H3. The first-order chi connectivity index (χ1) is 9.88. The van der Waals surface area contributed by atoms with Gasteiger partial charge in [0.1, 0.15) is 0 Å². The molecule has 21 heavy (non-hydrogen) atoms. The molecule has 7 heteroatoms. The number of hydrogen-bond donors (Lipinski definition) is 3. The minimum atomic E-state index is -3.50. The molecule has 3 N–H and O–H groups in total. The Hall–Kier alpha value is -0.890. The summed E-state index contributed by atoms with van der Waals surface area (Å²) < 4.78 is 32.9. The van der Waals surface area contributed by atoms with Crippen LogP contribution < -0.4 is 10.0 Å². The fourth-order valence-corrected chi connectivity index (χ4v) is 3.66. The first-order valence-corrected chi connectivity index (χ1v) is 8.91. The number of sulfonamides is 1. The molecule has 0 aromatic carbocycles. The second kappa shape index (κ2) is 6.91. The third kappa shape index (κ3) is 4.54. The van der Waals surface area contributed by atoms with Gasteiger partial charge in [-0.25, -0.2) is 13.1 Å². The fraction of sp³-hybridized carbons (Fsp3) is 0.714. The van der Waals surface area contributed by atoms with E-state index in [1.54, 1.807) is 6.07 Å². The summed E-state index contributed by atoms with van der Waals surface area (Å²) in [5, 5.41) is 3.25. The first-order valence-electron chi connectivity index (χ1n) is 7.43. The summed E-state index contributed by atoms with van der Waals surface area (Å²) in [4.78, 5) is 3.27. The Bertz CT molecular complexity index is 548. The third-order valence-electron chi connectivity index (χ3n) is 3.59. The molecule has 2 rings (SSSR count). The maximum atomic E-state index is 12.3. The normalized spacial score (nSPS) is 21.0. The quantitative estimate of drug-likeness (QED) is 0.709. The molecule has 1 aliphatic rings. The molecule has 0 radical (unpaired) electrons. The summed E-state index contributed by atoms with van der Waals surface area (Å²) in [7, 11) is -3.50. The molecule has 2 atom stereocenters. The lowest BCUT2D eigenvalue weighted by Gasteiger charge is -2.19. The molecule has 1 aromatic rings. The molecule has 0 spiro atoms. The minimum Gasteiger partial charge on any atom is -0.377 e. The van der Waals surface area contributed by atoms with Crippen molar-refractivity contribution in [1.29, 1.82) is 0 Å². The van der Waals surface area contributed by atoms with Crippen molar-refractivity contribution < 1.29 is 13.2 Å². The molecule has 0 bridgehead atoms. The van der Waals surface area contributed by atoms with Crippen LogP contribution in [0, 0.1) is 0 Å². The predicted octanol–water partition coefficient (Wildman–Crippen LogP) is 1.36. The summed E-state index contributed by atoms with van der Waals surface area (Å²) >= 11 is 0. The number of rotatable bonds is 7. The van der Waals surface area contributed by atoms with Gasteiger partial charge in [-0.05, 0) is 25.8 Å². The summed E-state index contributed by atoms with van der Waals surface area (Å²) in [5.74, 6) is 0. The molecule has 1 fully saturated rings. The van der Waals surface area contributed by atoms with Crippen molar-refractivity contribution in [2.75, 3.05) is 6.61 Å². The van der Waals surface area contributed by atoms with Crippen LogP contribution >= 0.6 is 0 Å². The zero-order chi connectivity index (χ0) is 15.5. The van der Waals surface area contributed by atoms with E-state index in [4.69, 9.17) is 4.74 Å². The molecule has 0 amide bonds. The van der Waals surface area contributed by atoms with Crippen LogP contribution in [0.5, 0.6) is 0 Å². The maximum Gasteiger partial charge on any atom is 0.242 e. The highest BCUT2D eigenvalue weighted by molar-refractivity contribution is 7.89. The van der Waals surface area contributed by atoms with E-state index in [9.17, 15) is 8.42 Å². The van der Waals surface area contributed by atoms with Gasteiger partial charge in [-0.15, -0.1) is 0 Å². The maximum absolute atomic E-state index is 12.3. The summed E-state index contributed by atoms with van der Waals surface area (Å²) in [6, 6.07) is 1.80. The van der Waals surface area contributed by atoms with Gasteiger partial charge in [-0.2, -0.15) is 0 Å². The van der Waals surface area contributed by atoms with Crippen LogP contribution in [0.4, 0.5) is 0 Å². The topological polar surface area (TPSA) is 83.2 Å². The molecule has 120 valence electrons. The van der Waals surface area contributed by atoms with Gasteiger partial charge in [0.2, 0.25) is 10.0 Å². The van der Waals surface area contributed by atoms with Crippen LogP contribution in [0.2, 0.25) is 0 Å². The zero-order valence-corrected chi connectivity index (χ0v) is 13.7. The van der Waals surface area contributed by atoms with Gasteiger partial charge >= 0.3 is 0 Å². The van der Waals surface area contributed by atoms with Gasteiger partial charge in [-0.1, -0.05) is 13.8 Å². The number of nitrogens with one attached hydrogen (secondary N) is 3. The van der Waals surface area contributed by atoms with Gasteiger partial charge in [0.25, 0.3) is 0 Å². The van der Waals surface area contributed by atoms with Gasteiger partial charge in [0, 0.05) is 37.1 Å². The lowest BCUT2D eigenvalue weighted by Crippen LogP contribution is -2.40. The second-order valence-electron chi connectivity index (χ2n) is 5.86. The molecule has 1 saturated heterocycles. The van der Waals surface area contributed by atoms with E-state index < -0.39 is 10.0 Å². The number of aromatic amines is 1. The summed E-state index contributed by atoms with van der Waals surface area (Å²) in [6.07, 6.45) is 3.40. The molecular weight excluding hydrogens is 290 g/mol. The van der Waals surface area contributed by atoms with Crippen molar-refractivity contribution in [3.63, 3.8) is 0 Å². The lowest BCUT2D eigenvalue weighted by molar-refractivity contribution is 0.0902. The second-order valence-corrected chi connectivity index (χ2v) is 7.57. The van der Waals surface area contributed by atoms with Gasteiger partial charge in [-0.3, -0.25) is 0 Å². The fourth-order valence-electron chi connectivity index (χ4n) is 2.38. The average Bonchev–Trinajstić information content (AvgIpc) is 3.07. The van der Waals surface area contributed by atoms with Crippen molar-refractivity contribution in [2.24, 2.45) is 0 Å². The van der Waals surface area contributed by atoms with Crippen molar-refractivity contribution in [1.82, 2.24) is 15.0 Å². The van der Waals surface area contributed by atoms with Crippen LogP contribution in [-0.4, -0.2) is 38.2 Å². The highest BCUT2D eigenvalue weighted by atomic mass is 32.2.